The number of alkyl halides is 2. The zero-order chi connectivity index (χ0) is 20.7. The van der Waals surface area contributed by atoms with E-state index in [4.69, 9.17) is 27.9 Å². The molecule has 0 unspecified atom stereocenters. The van der Waals surface area contributed by atoms with Crippen molar-refractivity contribution in [2.45, 2.75) is 37.9 Å². The second kappa shape index (κ2) is 7.65. The van der Waals surface area contributed by atoms with Gasteiger partial charge in [0.1, 0.15) is 20.7 Å². The average molecular weight is 444 g/mol. The topological polar surface area (TPSA) is 55.4 Å². The molecule has 3 rings (SSSR count). The lowest BCUT2D eigenvalue weighted by Crippen LogP contribution is -2.26. The first-order chi connectivity index (χ1) is 13.1. The summed E-state index contributed by atoms with van der Waals surface area (Å²) < 4.78 is 17.6. The Hall–Kier alpha value is -1.63. The van der Waals surface area contributed by atoms with Crippen LogP contribution in [0.4, 0.5) is 9.39 Å². The molecule has 1 saturated carbocycles. The van der Waals surface area contributed by atoms with Crippen LogP contribution in [0.3, 0.4) is 0 Å². The van der Waals surface area contributed by atoms with Crippen LogP contribution in [0.5, 0.6) is 0 Å². The molecular weight excluding hydrogens is 424 g/mol. The van der Waals surface area contributed by atoms with Crippen LogP contribution in [0.2, 0.25) is 0 Å². The Bertz CT molecular complexity index is 926. The number of carbonyl (C=O) groups excluding carboxylic acids is 2. The highest BCUT2D eigenvalue weighted by molar-refractivity contribution is 7.17. The third kappa shape index (κ3) is 3.78. The molecule has 150 valence electrons. The Labute approximate surface area is 177 Å². The lowest BCUT2D eigenvalue weighted by molar-refractivity contribution is -0.120. The molecular formula is C20H20Cl2FNO3S. The summed E-state index contributed by atoms with van der Waals surface area (Å²) in [5.74, 6) is -1.26. The first-order valence-corrected chi connectivity index (χ1v) is 10.4. The van der Waals surface area contributed by atoms with E-state index in [1.165, 1.54) is 23.5 Å². The van der Waals surface area contributed by atoms with Gasteiger partial charge in [0.2, 0.25) is 5.91 Å². The van der Waals surface area contributed by atoms with Crippen LogP contribution in [0.15, 0.2) is 24.3 Å². The third-order valence-corrected chi connectivity index (χ3v) is 6.97. The van der Waals surface area contributed by atoms with E-state index in [-0.39, 0.29) is 23.9 Å². The zero-order valence-electron chi connectivity index (χ0n) is 15.7. The van der Waals surface area contributed by atoms with Gasteiger partial charge < -0.3 is 10.1 Å². The summed E-state index contributed by atoms with van der Waals surface area (Å²) in [6, 6.07) is 5.84. The van der Waals surface area contributed by atoms with Crippen molar-refractivity contribution < 1.29 is 18.7 Å². The number of halogens is 3. The fraction of sp³-hybridized carbons (Fsp3) is 0.400. The maximum atomic E-state index is 13.3. The molecule has 0 radical (unpaired) electrons. The zero-order valence-corrected chi connectivity index (χ0v) is 18.0. The molecule has 1 amide bonds. The van der Waals surface area contributed by atoms with Gasteiger partial charge in [-0.2, -0.15) is 0 Å². The minimum absolute atomic E-state index is 0.258. The van der Waals surface area contributed by atoms with Gasteiger partial charge in [-0.25, -0.2) is 9.18 Å². The Kier molecular flexibility index (Phi) is 5.76. The molecule has 4 nitrogen and oxygen atoms in total. The van der Waals surface area contributed by atoms with E-state index >= 15 is 0 Å². The van der Waals surface area contributed by atoms with E-state index in [1.54, 1.807) is 19.1 Å². The highest BCUT2D eigenvalue weighted by atomic mass is 35.5. The Balaban J connectivity index is 2.02. The number of aryl methyl sites for hydroxylation is 1. The van der Waals surface area contributed by atoms with Crippen LogP contribution in [-0.4, -0.2) is 22.8 Å². The largest absolute Gasteiger partial charge is 0.462 e. The number of hydrogen-bond acceptors (Lipinski definition) is 4. The third-order valence-electron chi connectivity index (χ3n) is 4.84. The van der Waals surface area contributed by atoms with Crippen molar-refractivity contribution in [3.8, 4) is 11.1 Å². The molecule has 8 heteroatoms. The van der Waals surface area contributed by atoms with E-state index < -0.39 is 15.7 Å². The fourth-order valence-corrected chi connectivity index (χ4v) is 4.71. The molecule has 1 aromatic carbocycles. The molecule has 1 aliphatic carbocycles. The molecule has 0 bridgehead atoms. The summed E-state index contributed by atoms with van der Waals surface area (Å²) in [6.07, 6.45) is 1.00. The van der Waals surface area contributed by atoms with Crippen molar-refractivity contribution in [1.29, 1.82) is 0 Å². The van der Waals surface area contributed by atoms with Gasteiger partial charge in [0.05, 0.1) is 12.0 Å². The second-order valence-electron chi connectivity index (χ2n) is 7.05. The standard InChI is InChI=1S/C20H20Cl2FNO3S/c1-4-9-27-17(25)15-14(12-5-7-13(23)8-6-12)11(2)28-16(15)24-18(26)19(3)10-20(19,21)22/h5-8H,4,9-10H2,1-3H3,(H,24,26)/t19-/m0/s1. The number of nitrogens with one attached hydrogen (secondary N) is 1. The molecule has 1 heterocycles. The molecule has 1 atom stereocenters. The van der Waals surface area contributed by atoms with Gasteiger partial charge in [0.15, 0.2) is 0 Å². The van der Waals surface area contributed by atoms with Crippen LogP contribution in [0.1, 0.15) is 41.9 Å². The van der Waals surface area contributed by atoms with Crippen LogP contribution >= 0.6 is 34.5 Å². The number of amides is 1. The van der Waals surface area contributed by atoms with Crippen molar-refractivity contribution >= 4 is 51.4 Å². The van der Waals surface area contributed by atoms with Crippen LogP contribution in [-0.2, 0) is 9.53 Å². The SMILES string of the molecule is CCCOC(=O)c1c(NC(=O)[C@]2(C)CC2(Cl)Cl)sc(C)c1-c1ccc(F)cc1. The lowest BCUT2D eigenvalue weighted by atomic mass is 10.0. The van der Waals surface area contributed by atoms with Gasteiger partial charge in [-0.15, -0.1) is 34.5 Å². The van der Waals surface area contributed by atoms with Crippen molar-refractivity contribution in [3.63, 3.8) is 0 Å². The van der Waals surface area contributed by atoms with Crippen molar-refractivity contribution in [3.05, 3.63) is 40.5 Å². The quantitative estimate of drug-likeness (QED) is 0.443. The summed E-state index contributed by atoms with van der Waals surface area (Å²) in [4.78, 5) is 26.3. The predicted octanol–water partition coefficient (Wildman–Crippen LogP) is 5.95. The van der Waals surface area contributed by atoms with Crippen LogP contribution < -0.4 is 5.32 Å². The number of ether oxygens (including phenoxy) is 1. The number of thiophene rings is 1. The van der Waals surface area contributed by atoms with E-state index in [9.17, 15) is 14.0 Å². The molecule has 1 fully saturated rings. The van der Waals surface area contributed by atoms with Gasteiger partial charge in [-0.3, -0.25) is 4.79 Å². The number of anilines is 1. The van der Waals surface area contributed by atoms with E-state index in [2.05, 4.69) is 5.32 Å². The predicted molar refractivity (Wildman–Crippen MR) is 111 cm³/mol. The molecule has 0 saturated heterocycles. The number of carbonyl (C=O) groups is 2. The normalized spacial score (nSPS) is 19.9. The van der Waals surface area contributed by atoms with Gasteiger partial charge in [-0.1, -0.05) is 19.1 Å². The Morgan fingerprint density at radius 1 is 1.29 bits per heavy atom. The van der Waals surface area contributed by atoms with Crippen molar-refractivity contribution in [1.82, 2.24) is 0 Å². The minimum atomic E-state index is -1.12. The van der Waals surface area contributed by atoms with E-state index in [1.807, 2.05) is 13.8 Å². The van der Waals surface area contributed by atoms with Crippen molar-refractivity contribution in [2.75, 3.05) is 11.9 Å². The summed E-state index contributed by atoms with van der Waals surface area (Å²) in [7, 11) is 0. The van der Waals surface area contributed by atoms with Gasteiger partial charge in [0.25, 0.3) is 0 Å². The summed E-state index contributed by atoms with van der Waals surface area (Å²) in [5.41, 5.74) is 0.621. The highest BCUT2D eigenvalue weighted by Crippen LogP contribution is 2.64. The second-order valence-corrected chi connectivity index (χ2v) is 9.76. The van der Waals surface area contributed by atoms with Crippen LogP contribution in [0, 0.1) is 18.2 Å². The molecule has 0 spiro atoms. The first-order valence-electron chi connectivity index (χ1n) is 8.86. The molecule has 0 aliphatic heterocycles. The smallest absolute Gasteiger partial charge is 0.341 e. The highest BCUT2D eigenvalue weighted by Gasteiger charge is 2.68. The van der Waals surface area contributed by atoms with Crippen LogP contribution in [0.25, 0.3) is 11.1 Å². The van der Waals surface area contributed by atoms with Crippen molar-refractivity contribution in [2.24, 2.45) is 5.41 Å². The number of hydrogen-bond donors (Lipinski definition) is 1. The Morgan fingerprint density at radius 3 is 2.43 bits per heavy atom. The maximum Gasteiger partial charge on any atom is 0.341 e. The van der Waals surface area contributed by atoms with E-state index in [0.29, 0.717) is 29.0 Å². The maximum absolute atomic E-state index is 13.3. The van der Waals surface area contributed by atoms with Gasteiger partial charge in [0, 0.05) is 10.4 Å². The molecule has 1 aliphatic rings. The average Bonchev–Trinajstić information content (AvgIpc) is 2.99. The number of benzene rings is 1. The number of rotatable bonds is 6. The Morgan fingerprint density at radius 2 is 1.89 bits per heavy atom. The summed E-state index contributed by atoms with van der Waals surface area (Å²) >= 11 is 13.5. The van der Waals surface area contributed by atoms with Gasteiger partial charge >= 0.3 is 5.97 Å². The first kappa shape index (κ1) is 21.1. The van der Waals surface area contributed by atoms with Gasteiger partial charge in [-0.05, 0) is 44.4 Å². The molecule has 2 aromatic rings. The molecule has 28 heavy (non-hydrogen) atoms. The fourth-order valence-electron chi connectivity index (χ4n) is 2.95. The monoisotopic (exact) mass is 443 g/mol. The minimum Gasteiger partial charge on any atom is -0.462 e. The van der Waals surface area contributed by atoms with E-state index in [0.717, 1.165) is 4.88 Å². The summed E-state index contributed by atoms with van der Waals surface area (Å²) in [6.45, 7) is 5.67. The summed E-state index contributed by atoms with van der Waals surface area (Å²) in [5, 5.41) is 3.18. The number of esters is 1. The molecule has 1 aromatic heterocycles. The molecule has 1 N–H and O–H groups in total. The lowest BCUT2D eigenvalue weighted by Gasteiger charge is -2.13.